The lowest BCUT2D eigenvalue weighted by molar-refractivity contribution is -0.120. The zero-order chi connectivity index (χ0) is 18.8. The zero-order valence-electron chi connectivity index (χ0n) is 15.2. The molecule has 3 N–H and O–H groups in total. The van der Waals surface area contributed by atoms with Crippen molar-refractivity contribution < 1.29 is 9.59 Å². The monoisotopic (exact) mass is 354 g/mol. The largest absolute Gasteiger partial charge is 0.346 e. The Morgan fingerprint density at radius 2 is 1.54 bits per heavy atom. The van der Waals surface area contributed by atoms with Gasteiger partial charge < -0.3 is 20.9 Å². The normalized spacial score (nSPS) is 11.7. The number of urea groups is 1. The molecular formula is C20H26N4O2. The van der Waals surface area contributed by atoms with Crippen LogP contribution >= 0.6 is 0 Å². The second-order valence-electron chi connectivity index (χ2n) is 6.31. The van der Waals surface area contributed by atoms with Crippen molar-refractivity contribution in [2.45, 2.75) is 12.6 Å². The highest BCUT2D eigenvalue weighted by Crippen LogP contribution is 2.12. The van der Waals surface area contributed by atoms with E-state index in [0.717, 1.165) is 11.1 Å². The summed E-state index contributed by atoms with van der Waals surface area (Å²) in [6, 6.07) is 18.9. The minimum atomic E-state index is -0.368. The number of hydrogen-bond acceptors (Lipinski definition) is 3. The van der Waals surface area contributed by atoms with Gasteiger partial charge in [-0.05, 0) is 25.2 Å². The first-order valence-electron chi connectivity index (χ1n) is 8.59. The topological polar surface area (TPSA) is 73.5 Å². The molecule has 2 rings (SSSR count). The van der Waals surface area contributed by atoms with Gasteiger partial charge in [0.05, 0.1) is 12.6 Å². The molecule has 0 heterocycles. The van der Waals surface area contributed by atoms with Crippen molar-refractivity contribution in [2.24, 2.45) is 0 Å². The van der Waals surface area contributed by atoms with Crippen LogP contribution in [0.5, 0.6) is 0 Å². The third kappa shape index (κ3) is 6.94. The van der Waals surface area contributed by atoms with Crippen molar-refractivity contribution in [2.75, 3.05) is 27.2 Å². The lowest BCUT2D eigenvalue weighted by Gasteiger charge is -2.23. The summed E-state index contributed by atoms with van der Waals surface area (Å²) in [6.45, 7) is 1.02. The van der Waals surface area contributed by atoms with Gasteiger partial charge in [0.15, 0.2) is 0 Å². The maximum absolute atomic E-state index is 12.2. The molecule has 0 radical (unpaired) electrons. The molecule has 0 fully saturated rings. The van der Waals surface area contributed by atoms with Gasteiger partial charge in [0.25, 0.3) is 0 Å². The summed E-state index contributed by atoms with van der Waals surface area (Å²) in [4.78, 5) is 26.1. The van der Waals surface area contributed by atoms with Crippen molar-refractivity contribution >= 4 is 11.9 Å². The van der Waals surface area contributed by atoms with Crippen LogP contribution in [0.4, 0.5) is 4.79 Å². The van der Waals surface area contributed by atoms with Crippen LogP contribution in [-0.2, 0) is 11.3 Å². The van der Waals surface area contributed by atoms with E-state index in [1.165, 1.54) is 0 Å². The number of amides is 3. The predicted octanol–water partition coefficient (Wildman–Crippen LogP) is 1.90. The van der Waals surface area contributed by atoms with Crippen LogP contribution in [0.1, 0.15) is 17.2 Å². The average Bonchev–Trinajstić information content (AvgIpc) is 2.65. The standard InChI is InChI=1S/C20H26N4O2/c1-24(2)15-18(17-11-7-4-8-12-17)23-19(25)14-22-20(26)21-13-16-9-5-3-6-10-16/h3-12,18H,13-15H2,1-2H3,(H,23,25)(H2,21,22,26). The van der Waals surface area contributed by atoms with Crippen LogP contribution in [0.2, 0.25) is 0 Å². The number of benzene rings is 2. The summed E-state index contributed by atoms with van der Waals surface area (Å²) in [7, 11) is 3.91. The van der Waals surface area contributed by atoms with E-state index in [1.807, 2.05) is 79.7 Å². The Kier molecular flexibility index (Phi) is 7.64. The number of nitrogens with zero attached hydrogens (tertiary/aromatic N) is 1. The molecule has 6 nitrogen and oxygen atoms in total. The lowest BCUT2D eigenvalue weighted by Crippen LogP contribution is -2.44. The first-order valence-corrected chi connectivity index (χ1v) is 8.59. The van der Waals surface area contributed by atoms with Crippen LogP contribution < -0.4 is 16.0 Å². The Bertz CT molecular complexity index is 689. The van der Waals surface area contributed by atoms with Crippen LogP contribution in [-0.4, -0.2) is 44.0 Å². The molecule has 0 saturated carbocycles. The summed E-state index contributed by atoms with van der Waals surface area (Å²) in [5, 5.41) is 8.29. The van der Waals surface area contributed by atoms with Crippen LogP contribution in [0.3, 0.4) is 0 Å². The zero-order valence-corrected chi connectivity index (χ0v) is 15.2. The third-order valence-electron chi connectivity index (χ3n) is 3.79. The van der Waals surface area contributed by atoms with Gasteiger partial charge in [0, 0.05) is 13.1 Å². The molecule has 0 aromatic heterocycles. The molecule has 0 aliphatic carbocycles. The molecule has 2 aromatic carbocycles. The number of hydrogen-bond donors (Lipinski definition) is 3. The first-order chi connectivity index (χ1) is 12.5. The average molecular weight is 354 g/mol. The molecule has 1 unspecified atom stereocenters. The third-order valence-corrected chi connectivity index (χ3v) is 3.79. The highest BCUT2D eigenvalue weighted by Gasteiger charge is 2.15. The molecule has 26 heavy (non-hydrogen) atoms. The van der Waals surface area contributed by atoms with E-state index >= 15 is 0 Å². The van der Waals surface area contributed by atoms with Gasteiger partial charge in [-0.2, -0.15) is 0 Å². The molecule has 0 saturated heterocycles. The van der Waals surface area contributed by atoms with Gasteiger partial charge in [0.2, 0.25) is 5.91 Å². The summed E-state index contributed by atoms with van der Waals surface area (Å²) in [5.74, 6) is -0.226. The Hall–Kier alpha value is -2.86. The van der Waals surface area contributed by atoms with E-state index in [9.17, 15) is 9.59 Å². The quantitative estimate of drug-likeness (QED) is 0.678. The van der Waals surface area contributed by atoms with Crippen LogP contribution in [0.25, 0.3) is 0 Å². The van der Waals surface area contributed by atoms with Gasteiger partial charge >= 0.3 is 6.03 Å². The van der Waals surface area contributed by atoms with Crippen molar-refractivity contribution in [1.29, 1.82) is 0 Å². The smallest absolute Gasteiger partial charge is 0.315 e. The molecule has 0 aliphatic rings. The number of carbonyl (C=O) groups excluding carboxylic acids is 2. The Balaban J connectivity index is 1.79. The van der Waals surface area contributed by atoms with Gasteiger partial charge in [-0.1, -0.05) is 60.7 Å². The van der Waals surface area contributed by atoms with E-state index in [1.54, 1.807) is 0 Å². The molecule has 138 valence electrons. The molecular weight excluding hydrogens is 328 g/mol. The number of carbonyl (C=O) groups is 2. The van der Waals surface area contributed by atoms with E-state index < -0.39 is 0 Å². The van der Waals surface area contributed by atoms with Gasteiger partial charge in [-0.25, -0.2) is 4.79 Å². The van der Waals surface area contributed by atoms with E-state index in [0.29, 0.717) is 13.1 Å². The van der Waals surface area contributed by atoms with Crippen molar-refractivity contribution in [1.82, 2.24) is 20.9 Å². The van der Waals surface area contributed by atoms with Gasteiger partial charge in [-0.15, -0.1) is 0 Å². The SMILES string of the molecule is CN(C)CC(NC(=O)CNC(=O)NCc1ccccc1)c1ccccc1. The highest BCUT2D eigenvalue weighted by molar-refractivity contribution is 5.84. The molecule has 2 aromatic rings. The first kappa shape index (κ1) is 19.5. The summed E-state index contributed by atoms with van der Waals surface area (Å²) in [6.07, 6.45) is 0. The lowest BCUT2D eigenvalue weighted by atomic mass is 10.1. The second-order valence-corrected chi connectivity index (χ2v) is 6.31. The van der Waals surface area contributed by atoms with E-state index in [-0.39, 0.29) is 24.5 Å². The summed E-state index contributed by atoms with van der Waals surface area (Å²) in [5.41, 5.74) is 2.03. The van der Waals surface area contributed by atoms with Crippen molar-refractivity contribution in [3.05, 3.63) is 71.8 Å². The van der Waals surface area contributed by atoms with E-state index in [2.05, 4.69) is 16.0 Å². The van der Waals surface area contributed by atoms with Crippen molar-refractivity contribution in [3.8, 4) is 0 Å². The Labute approximate surface area is 154 Å². The maximum atomic E-state index is 12.2. The number of nitrogens with one attached hydrogen (secondary N) is 3. The van der Waals surface area contributed by atoms with Gasteiger partial charge in [-0.3, -0.25) is 4.79 Å². The molecule has 0 bridgehead atoms. The van der Waals surface area contributed by atoms with Crippen LogP contribution in [0, 0.1) is 0 Å². The van der Waals surface area contributed by atoms with Crippen molar-refractivity contribution in [3.63, 3.8) is 0 Å². The Morgan fingerprint density at radius 3 is 2.15 bits per heavy atom. The second kappa shape index (κ2) is 10.2. The minimum absolute atomic E-state index is 0.0720. The molecule has 0 spiro atoms. The summed E-state index contributed by atoms with van der Waals surface area (Å²) >= 11 is 0. The molecule has 1 atom stereocenters. The number of likely N-dealkylation sites (N-methyl/N-ethyl adjacent to an activating group) is 1. The maximum Gasteiger partial charge on any atom is 0.315 e. The fraction of sp³-hybridized carbons (Fsp3) is 0.300. The fourth-order valence-corrected chi connectivity index (χ4v) is 2.53. The fourth-order valence-electron chi connectivity index (χ4n) is 2.53. The van der Waals surface area contributed by atoms with Gasteiger partial charge in [0.1, 0.15) is 0 Å². The molecule has 3 amide bonds. The van der Waals surface area contributed by atoms with Crippen LogP contribution in [0.15, 0.2) is 60.7 Å². The van der Waals surface area contributed by atoms with E-state index in [4.69, 9.17) is 0 Å². The molecule has 0 aliphatic heterocycles. The Morgan fingerprint density at radius 1 is 0.923 bits per heavy atom. The minimum Gasteiger partial charge on any atom is -0.346 e. The number of rotatable bonds is 8. The summed E-state index contributed by atoms with van der Waals surface area (Å²) < 4.78 is 0. The predicted molar refractivity (Wildman–Crippen MR) is 103 cm³/mol. The molecule has 6 heteroatoms. The highest BCUT2D eigenvalue weighted by atomic mass is 16.2.